The van der Waals surface area contributed by atoms with Crippen LogP contribution in [0.15, 0.2) is 30.3 Å². The summed E-state index contributed by atoms with van der Waals surface area (Å²) in [5, 5.41) is 0. The second kappa shape index (κ2) is 12.9. The molecule has 1 aliphatic rings. The van der Waals surface area contributed by atoms with Crippen molar-refractivity contribution in [2.45, 2.75) is 84.5 Å². The molecule has 0 radical (unpaired) electrons. The van der Waals surface area contributed by atoms with E-state index < -0.39 is 11.7 Å². The van der Waals surface area contributed by atoms with Crippen molar-refractivity contribution in [2.75, 3.05) is 6.54 Å². The molecule has 0 spiro atoms. The maximum absolute atomic E-state index is 12.3. The highest BCUT2D eigenvalue weighted by atomic mass is 16.6. The van der Waals surface area contributed by atoms with Crippen molar-refractivity contribution in [3.05, 3.63) is 35.9 Å². The Balaban J connectivity index is 0.000000479. The van der Waals surface area contributed by atoms with E-state index in [4.69, 9.17) is 10.5 Å². The number of hydrogen-bond acceptors (Lipinski definition) is 5. The van der Waals surface area contributed by atoms with Crippen LogP contribution in [0, 0.1) is 0 Å². The Labute approximate surface area is 179 Å². The van der Waals surface area contributed by atoms with Gasteiger partial charge in [-0.2, -0.15) is 0 Å². The zero-order chi connectivity index (χ0) is 22.6. The molecule has 2 rings (SSSR count). The summed E-state index contributed by atoms with van der Waals surface area (Å²) in [6.07, 6.45) is 4.04. The third kappa shape index (κ3) is 10.8. The zero-order valence-electron chi connectivity index (χ0n) is 18.7. The summed E-state index contributed by atoms with van der Waals surface area (Å²) >= 11 is 0. The smallest absolute Gasteiger partial charge is 0.405 e. The molecule has 1 aromatic rings. The Bertz CT molecular complexity index is 670. The van der Waals surface area contributed by atoms with E-state index in [1.165, 1.54) is 6.42 Å². The highest BCUT2D eigenvalue weighted by Gasteiger charge is 2.25. The van der Waals surface area contributed by atoms with Gasteiger partial charge in [-0.1, -0.05) is 37.3 Å². The maximum Gasteiger partial charge on any atom is 0.405 e. The van der Waals surface area contributed by atoms with E-state index in [9.17, 15) is 14.4 Å². The van der Waals surface area contributed by atoms with Crippen molar-refractivity contribution in [1.82, 2.24) is 4.90 Å². The molecule has 30 heavy (non-hydrogen) atoms. The van der Waals surface area contributed by atoms with Gasteiger partial charge in [0, 0.05) is 19.0 Å². The first-order valence-electron chi connectivity index (χ1n) is 10.6. The number of nitrogens with two attached hydrogens (primary N) is 1. The lowest BCUT2D eigenvalue weighted by atomic mass is 9.99. The molecular weight excluding hydrogens is 384 g/mol. The van der Waals surface area contributed by atoms with Crippen LogP contribution < -0.4 is 5.73 Å². The normalized spacial score (nSPS) is 16.1. The minimum absolute atomic E-state index is 0.0863. The molecule has 1 heterocycles. The number of carbonyl (C=O) groups excluding carboxylic acids is 3. The second-order valence-corrected chi connectivity index (χ2v) is 8.32. The van der Waals surface area contributed by atoms with E-state index in [1.54, 1.807) is 20.8 Å². The lowest BCUT2D eigenvalue weighted by Crippen LogP contribution is -2.43. The Morgan fingerprint density at radius 1 is 1.10 bits per heavy atom. The molecule has 168 valence electrons. The number of amides is 2. The molecule has 7 nitrogen and oxygen atoms in total. The summed E-state index contributed by atoms with van der Waals surface area (Å²) in [5.41, 5.74) is 5.23. The summed E-state index contributed by atoms with van der Waals surface area (Å²) in [7, 11) is 0. The number of esters is 1. The first-order chi connectivity index (χ1) is 14.1. The predicted molar refractivity (Wildman–Crippen MR) is 116 cm³/mol. The molecule has 1 fully saturated rings. The van der Waals surface area contributed by atoms with Crippen LogP contribution in [0.25, 0.3) is 0 Å². The second-order valence-electron chi connectivity index (χ2n) is 8.32. The highest BCUT2D eigenvalue weighted by Crippen LogP contribution is 2.20. The fourth-order valence-electron chi connectivity index (χ4n) is 3.22. The fourth-order valence-corrected chi connectivity index (χ4v) is 3.22. The minimum atomic E-state index is -0.725. The standard InChI is InChI=1S/C18H25NO3.C5H11NO2/c1-2-16-10-6-7-13-19(16)17(20)11-12-18(21)22-14-15-8-4-3-5-9-15;1-5(2,3)8-4(6)7/h3-5,8-9,16H,2,6-7,10-14H2,1H3;1-3H3,(H2,6,7). The van der Waals surface area contributed by atoms with Gasteiger partial charge in [-0.25, -0.2) is 4.79 Å². The zero-order valence-corrected chi connectivity index (χ0v) is 18.7. The quantitative estimate of drug-likeness (QED) is 0.696. The highest BCUT2D eigenvalue weighted by molar-refractivity contribution is 5.81. The van der Waals surface area contributed by atoms with Crippen LogP contribution in [0.3, 0.4) is 0 Å². The van der Waals surface area contributed by atoms with Crippen molar-refractivity contribution < 1.29 is 23.9 Å². The Morgan fingerprint density at radius 2 is 1.77 bits per heavy atom. The molecule has 2 amide bonds. The van der Waals surface area contributed by atoms with E-state index >= 15 is 0 Å². The molecule has 1 saturated heterocycles. The summed E-state index contributed by atoms with van der Waals surface area (Å²) in [6.45, 7) is 8.50. The Kier molecular flexibility index (Phi) is 10.9. The van der Waals surface area contributed by atoms with Crippen LogP contribution in [0.4, 0.5) is 4.79 Å². The van der Waals surface area contributed by atoms with Gasteiger partial charge in [0.05, 0.1) is 6.42 Å². The summed E-state index contributed by atoms with van der Waals surface area (Å²) < 4.78 is 9.79. The topological polar surface area (TPSA) is 98.9 Å². The van der Waals surface area contributed by atoms with Crippen molar-refractivity contribution >= 4 is 18.0 Å². The van der Waals surface area contributed by atoms with Crippen molar-refractivity contribution in [1.29, 1.82) is 0 Å². The van der Waals surface area contributed by atoms with E-state index in [0.717, 1.165) is 31.4 Å². The van der Waals surface area contributed by atoms with Crippen LogP contribution in [0.5, 0.6) is 0 Å². The van der Waals surface area contributed by atoms with Crippen molar-refractivity contribution in [2.24, 2.45) is 5.73 Å². The first kappa shape index (κ1) is 25.5. The molecule has 1 unspecified atom stereocenters. The largest absolute Gasteiger partial charge is 0.461 e. The molecule has 7 heteroatoms. The molecular formula is C23H36N2O5. The van der Waals surface area contributed by atoms with Crippen LogP contribution in [-0.4, -0.2) is 41.1 Å². The maximum atomic E-state index is 12.3. The van der Waals surface area contributed by atoms with E-state index in [2.05, 4.69) is 11.7 Å². The third-order valence-corrected chi connectivity index (χ3v) is 4.61. The fraction of sp³-hybridized carbons (Fsp3) is 0.609. The molecule has 2 N–H and O–H groups in total. The van der Waals surface area contributed by atoms with Gasteiger partial charge in [0.2, 0.25) is 5.91 Å². The molecule has 1 aliphatic heterocycles. The number of nitrogens with zero attached hydrogens (tertiary/aromatic N) is 1. The van der Waals surface area contributed by atoms with Gasteiger partial charge < -0.3 is 20.1 Å². The monoisotopic (exact) mass is 420 g/mol. The average molecular weight is 421 g/mol. The molecule has 0 saturated carbocycles. The summed E-state index contributed by atoms with van der Waals surface area (Å²) in [6, 6.07) is 9.92. The average Bonchev–Trinajstić information content (AvgIpc) is 2.69. The first-order valence-corrected chi connectivity index (χ1v) is 10.6. The van der Waals surface area contributed by atoms with Gasteiger partial charge in [0.15, 0.2) is 0 Å². The van der Waals surface area contributed by atoms with Crippen LogP contribution in [0.2, 0.25) is 0 Å². The number of likely N-dealkylation sites (tertiary alicyclic amines) is 1. The molecule has 0 bridgehead atoms. The lowest BCUT2D eigenvalue weighted by Gasteiger charge is -2.35. The van der Waals surface area contributed by atoms with Gasteiger partial charge in [-0.3, -0.25) is 9.59 Å². The number of primary amides is 1. The molecule has 0 aliphatic carbocycles. The number of rotatable bonds is 6. The van der Waals surface area contributed by atoms with Crippen LogP contribution in [0.1, 0.15) is 71.8 Å². The Hall–Kier alpha value is -2.57. The number of carbonyl (C=O) groups is 3. The van der Waals surface area contributed by atoms with Gasteiger partial charge in [-0.15, -0.1) is 0 Å². The van der Waals surface area contributed by atoms with Gasteiger partial charge in [-0.05, 0) is 52.0 Å². The van der Waals surface area contributed by atoms with E-state index in [1.807, 2.05) is 35.2 Å². The third-order valence-electron chi connectivity index (χ3n) is 4.61. The summed E-state index contributed by atoms with van der Waals surface area (Å²) in [4.78, 5) is 36.0. The Morgan fingerprint density at radius 3 is 2.30 bits per heavy atom. The van der Waals surface area contributed by atoms with Gasteiger partial charge in [0.1, 0.15) is 12.2 Å². The van der Waals surface area contributed by atoms with Gasteiger partial charge >= 0.3 is 12.1 Å². The molecule has 1 atom stereocenters. The van der Waals surface area contributed by atoms with Crippen LogP contribution >= 0.6 is 0 Å². The molecule has 0 aromatic heterocycles. The minimum Gasteiger partial charge on any atom is -0.461 e. The summed E-state index contributed by atoms with van der Waals surface area (Å²) in [5.74, 6) is -0.217. The number of ether oxygens (including phenoxy) is 2. The number of hydrogen-bond donors (Lipinski definition) is 1. The number of benzene rings is 1. The van der Waals surface area contributed by atoms with Gasteiger partial charge in [0.25, 0.3) is 0 Å². The lowest BCUT2D eigenvalue weighted by molar-refractivity contribution is -0.148. The van der Waals surface area contributed by atoms with E-state index in [0.29, 0.717) is 6.04 Å². The number of piperidine rings is 1. The van der Waals surface area contributed by atoms with Crippen LogP contribution in [-0.2, 0) is 25.7 Å². The van der Waals surface area contributed by atoms with Crippen molar-refractivity contribution in [3.63, 3.8) is 0 Å². The predicted octanol–water partition coefficient (Wildman–Crippen LogP) is 4.18. The molecule has 1 aromatic carbocycles. The van der Waals surface area contributed by atoms with Crippen molar-refractivity contribution in [3.8, 4) is 0 Å². The SMILES string of the molecule is CC(C)(C)OC(N)=O.CCC1CCCCN1C(=O)CCC(=O)OCc1ccccc1. The van der Waals surface area contributed by atoms with E-state index in [-0.39, 0.29) is 31.3 Å².